The molecule has 0 saturated carbocycles. The lowest BCUT2D eigenvalue weighted by Gasteiger charge is -2.10. The molecule has 1 aromatic rings. The molecular weight excluding hydrogens is 290 g/mol. The molecule has 1 unspecified atom stereocenters. The van der Waals surface area contributed by atoms with Gasteiger partial charge in [0.25, 0.3) is 5.91 Å². The van der Waals surface area contributed by atoms with Crippen molar-refractivity contribution in [2.45, 2.75) is 13.0 Å². The number of carbonyl (C=O) groups excluding carboxylic acids is 2. The molecule has 5 nitrogen and oxygen atoms in total. The smallest absolute Gasteiger partial charge is 0.338 e. The zero-order valence-electron chi connectivity index (χ0n) is 9.40. The molecule has 6 heteroatoms. The molecule has 1 atom stereocenters. The molecule has 0 saturated heterocycles. The summed E-state index contributed by atoms with van der Waals surface area (Å²) in [6, 6.07) is 4.71. The second-order valence-corrected chi connectivity index (χ2v) is 4.15. The van der Waals surface area contributed by atoms with Gasteiger partial charge in [-0.15, -0.1) is 0 Å². The Labute approximate surface area is 107 Å². The highest BCUT2D eigenvalue weighted by Gasteiger charge is 2.16. The Morgan fingerprint density at radius 1 is 1.41 bits per heavy atom. The minimum absolute atomic E-state index is 0.311. The third-order valence-corrected chi connectivity index (χ3v) is 2.69. The Balaban J connectivity index is 2.83. The van der Waals surface area contributed by atoms with Crippen molar-refractivity contribution in [1.29, 1.82) is 0 Å². The summed E-state index contributed by atoms with van der Waals surface area (Å²) in [6.45, 7) is 1.42. The van der Waals surface area contributed by atoms with Crippen LogP contribution in [-0.4, -0.2) is 25.1 Å². The number of hydrogen-bond donors (Lipinski definition) is 1. The number of esters is 1. The third kappa shape index (κ3) is 3.45. The maximum atomic E-state index is 11.6. The average molecular weight is 302 g/mol. The van der Waals surface area contributed by atoms with Crippen molar-refractivity contribution < 1.29 is 19.1 Å². The quantitative estimate of drug-likeness (QED) is 0.855. The summed E-state index contributed by atoms with van der Waals surface area (Å²) in [5.74, 6) is -0.699. The molecule has 0 heterocycles. The number of nitrogens with two attached hydrogens (primary N) is 1. The lowest BCUT2D eigenvalue weighted by atomic mass is 10.2. The van der Waals surface area contributed by atoms with Crippen molar-refractivity contribution in [2.24, 2.45) is 5.73 Å². The molecule has 17 heavy (non-hydrogen) atoms. The first-order valence-corrected chi connectivity index (χ1v) is 5.59. The minimum atomic E-state index is -0.955. The van der Waals surface area contributed by atoms with Crippen LogP contribution in [0.1, 0.15) is 17.3 Å². The molecule has 0 spiro atoms. The molecule has 2 N–H and O–H groups in total. The van der Waals surface area contributed by atoms with Crippen molar-refractivity contribution in [3.8, 4) is 5.75 Å². The second-order valence-electron chi connectivity index (χ2n) is 3.30. The predicted octanol–water partition coefficient (Wildman–Crippen LogP) is 1.49. The van der Waals surface area contributed by atoms with Gasteiger partial charge in [-0.25, -0.2) is 4.79 Å². The summed E-state index contributed by atoms with van der Waals surface area (Å²) in [6.07, 6.45) is -0.955. The van der Waals surface area contributed by atoms with Gasteiger partial charge < -0.3 is 15.2 Å². The Bertz CT molecular complexity index is 447. The molecular formula is C11H12BrNO4. The summed E-state index contributed by atoms with van der Waals surface area (Å²) in [5.41, 5.74) is 5.30. The van der Waals surface area contributed by atoms with Crippen molar-refractivity contribution in [1.82, 2.24) is 0 Å². The number of carbonyl (C=O) groups is 2. The Morgan fingerprint density at radius 2 is 2.06 bits per heavy atom. The number of primary amides is 1. The molecule has 0 radical (unpaired) electrons. The number of hydrogen-bond acceptors (Lipinski definition) is 4. The minimum Gasteiger partial charge on any atom is -0.496 e. The summed E-state index contributed by atoms with van der Waals surface area (Å²) >= 11 is 3.25. The van der Waals surface area contributed by atoms with Gasteiger partial charge in [0.2, 0.25) is 0 Å². The van der Waals surface area contributed by atoms with Crippen LogP contribution >= 0.6 is 15.9 Å². The number of benzene rings is 1. The van der Waals surface area contributed by atoms with E-state index in [1.54, 1.807) is 18.2 Å². The fourth-order valence-corrected chi connectivity index (χ4v) is 1.62. The third-order valence-electron chi connectivity index (χ3n) is 2.07. The molecule has 0 aliphatic heterocycles. The monoisotopic (exact) mass is 301 g/mol. The van der Waals surface area contributed by atoms with Crippen molar-refractivity contribution in [3.63, 3.8) is 0 Å². The predicted molar refractivity (Wildman–Crippen MR) is 64.8 cm³/mol. The highest BCUT2D eigenvalue weighted by atomic mass is 79.9. The largest absolute Gasteiger partial charge is 0.496 e. The molecule has 1 amide bonds. The van der Waals surface area contributed by atoms with Gasteiger partial charge in [-0.3, -0.25) is 4.79 Å². The van der Waals surface area contributed by atoms with E-state index in [1.807, 2.05) is 0 Å². The van der Waals surface area contributed by atoms with Gasteiger partial charge in [-0.05, 0) is 41.1 Å². The Hall–Kier alpha value is -1.56. The van der Waals surface area contributed by atoms with Gasteiger partial charge in [0.15, 0.2) is 6.10 Å². The maximum absolute atomic E-state index is 11.6. The second kappa shape index (κ2) is 5.67. The van der Waals surface area contributed by atoms with E-state index in [9.17, 15) is 9.59 Å². The highest BCUT2D eigenvalue weighted by Crippen LogP contribution is 2.25. The number of rotatable bonds is 4. The maximum Gasteiger partial charge on any atom is 0.338 e. The van der Waals surface area contributed by atoms with Crippen LogP contribution < -0.4 is 10.5 Å². The molecule has 1 rings (SSSR count). The van der Waals surface area contributed by atoms with E-state index in [0.717, 1.165) is 0 Å². The Kier molecular flexibility index (Phi) is 4.51. The van der Waals surface area contributed by atoms with Gasteiger partial charge in [0.1, 0.15) is 5.75 Å². The molecule has 0 aliphatic carbocycles. The zero-order chi connectivity index (χ0) is 13.0. The van der Waals surface area contributed by atoms with Crippen LogP contribution in [0.4, 0.5) is 0 Å². The molecule has 0 bridgehead atoms. The number of methoxy groups -OCH3 is 1. The first-order chi connectivity index (χ1) is 7.95. The first-order valence-electron chi connectivity index (χ1n) is 4.79. The van der Waals surface area contributed by atoms with E-state index in [2.05, 4.69) is 15.9 Å². The van der Waals surface area contributed by atoms with E-state index in [4.69, 9.17) is 15.2 Å². The highest BCUT2D eigenvalue weighted by molar-refractivity contribution is 9.10. The van der Waals surface area contributed by atoms with Gasteiger partial charge in [0.05, 0.1) is 17.1 Å². The number of halogens is 1. The normalized spacial score (nSPS) is 11.7. The van der Waals surface area contributed by atoms with E-state index >= 15 is 0 Å². The summed E-state index contributed by atoms with van der Waals surface area (Å²) in [7, 11) is 1.52. The van der Waals surface area contributed by atoms with Crippen LogP contribution in [-0.2, 0) is 9.53 Å². The van der Waals surface area contributed by atoms with Gasteiger partial charge >= 0.3 is 5.97 Å². The van der Waals surface area contributed by atoms with E-state index in [0.29, 0.717) is 15.8 Å². The first kappa shape index (κ1) is 13.5. The Morgan fingerprint density at radius 3 is 2.53 bits per heavy atom. The SMILES string of the molecule is COc1ccc(C(=O)OC(C)C(N)=O)cc1Br. The fraction of sp³-hybridized carbons (Fsp3) is 0.273. The summed E-state index contributed by atoms with van der Waals surface area (Å²) in [5, 5.41) is 0. The van der Waals surface area contributed by atoms with E-state index in [1.165, 1.54) is 14.0 Å². The lowest BCUT2D eigenvalue weighted by Crippen LogP contribution is -2.30. The summed E-state index contributed by atoms with van der Waals surface area (Å²) < 4.78 is 10.5. The van der Waals surface area contributed by atoms with E-state index < -0.39 is 18.0 Å². The van der Waals surface area contributed by atoms with Gasteiger partial charge in [-0.1, -0.05) is 0 Å². The van der Waals surface area contributed by atoms with Crippen molar-refractivity contribution in [2.75, 3.05) is 7.11 Å². The summed E-state index contributed by atoms with van der Waals surface area (Å²) in [4.78, 5) is 22.4. The molecule has 92 valence electrons. The van der Waals surface area contributed by atoms with Gasteiger partial charge in [-0.2, -0.15) is 0 Å². The van der Waals surface area contributed by atoms with Crippen LogP contribution in [0.5, 0.6) is 5.75 Å². The van der Waals surface area contributed by atoms with Crippen molar-refractivity contribution >= 4 is 27.8 Å². The molecule has 0 aromatic heterocycles. The molecule has 1 aromatic carbocycles. The number of amides is 1. The van der Waals surface area contributed by atoms with Crippen LogP contribution in [0.25, 0.3) is 0 Å². The average Bonchev–Trinajstić information content (AvgIpc) is 2.28. The van der Waals surface area contributed by atoms with Gasteiger partial charge in [0, 0.05) is 0 Å². The number of ether oxygens (including phenoxy) is 2. The molecule has 0 aliphatic rings. The van der Waals surface area contributed by atoms with Crippen LogP contribution in [0.15, 0.2) is 22.7 Å². The molecule has 0 fully saturated rings. The van der Waals surface area contributed by atoms with Crippen LogP contribution in [0.2, 0.25) is 0 Å². The van der Waals surface area contributed by atoms with Crippen LogP contribution in [0.3, 0.4) is 0 Å². The standard InChI is InChI=1S/C11H12BrNO4/c1-6(10(13)14)17-11(15)7-3-4-9(16-2)8(12)5-7/h3-6H,1-2H3,(H2,13,14). The van der Waals surface area contributed by atoms with Crippen molar-refractivity contribution in [3.05, 3.63) is 28.2 Å². The van der Waals surface area contributed by atoms with Crippen LogP contribution in [0, 0.1) is 0 Å². The lowest BCUT2D eigenvalue weighted by molar-refractivity contribution is -0.125. The topological polar surface area (TPSA) is 78.6 Å². The van der Waals surface area contributed by atoms with E-state index in [-0.39, 0.29) is 0 Å². The zero-order valence-corrected chi connectivity index (χ0v) is 11.0. The fourth-order valence-electron chi connectivity index (χ4n) is 1.08.